The lowest BCUT2D eigenvalue weighted by atomic mass is 9.77. The molecule has 252 valence electrons. The van der Waals surface area contributed by atoms with Gasteiger partial charge >= 0.3 is 0 Å². The maximum absolute atomic E-state index is 14.3. The number of anilines is 1. The van der Waals surface area contributed by atoms with E-state index < -0.39 is 29.9 Å². The normalized spacial score (nSPS) is 23.6. The van der Waals surface area contributed by atoms with E-state index in [1.54, 1.807) is 18.2 Å². The van der Waals surface area contributed by atoms with Gasteiger partial charge in [0.2, 0.25) is 0 Å². The van der Waals surface area contributed by atoms with Crippen molar-refractivity contribution in [2.75, 3.05) is 24.7 Å². The summed E-state index contributed by atoms with van der Waals surface area (Å²) < 4.78 is 11.3. The number of fused-ring (bicyclic) bond motifs is 2. The summed E-state index contributed by atoms with van der Waals surface area (Å²) in [5.41, 5.74) is 3.95. The minimum Gasteiger partial charge on any atom is -0.494 e. The molecule has 3 aromatic rings. The van der Waals surface area contributed by atoms with Crippen molar-refractivity contribution in [1.29, 1.82) is 0 Å². The highest BCUT2D eigenvalue weighted by molar-refractivity contribution is 6.42. The Kier molecular flexibility index (Phi) is 9.13. The number of halogens is 2. The van der Waals surface area contributed by atoms with E-state index in [1.807, 2.05) is 62.4 Å². The number of para-hydroxylation sites is 1. The third-order valence-corrected chi connectivity index (χ3v) is 9.75. The van der Waals surface area contributed by atoms with E-state index in [1.165, 1.54) is 10.0 Å². The smallest absolute Gasteiger partial charge is 0.264 e. The highest BCUT2D eigenvalue weighted by Crippen LogP contribution is 2.45. The number of benzene rings is 3. The number of amides is 3. The summed E-state index contributed by atoms with van der Waals surface area (Å²) in [6.45, 7) is 4.69. The van der Waals surface area contributed by atoms with Crippen LogP contribution in [-0.2, 0) is 14.4 Å². The molecule has 3 aliphatic heterocycles. The van der Waals surface area contributed by atoms with Gasteiger partial charge in [-0.05, 0) is 92.3 Å². The molecule has 1 saturated carbocycles. The predicted molar refractivity (Wildman–Crippen MR) is 186 cm³/mol. The Morgan fingerprint density at radius 2 is 1.55 bits per heavy atom. The monoisotopic (exact) mass is 700 g/mol. The fourth-order valence-corrected chi connectivity index (χ4v) is 7.55. The molecule has 4 atom stereocenters. The predicted octanol–water partition coefficient (Wildman–Crippen LogP) is 6.91. The van der Waals surface area contributed by atoms with E-state index in [-0.39, 0.29) is 34.1 Å². The van der Waals surface area contributed by atoms with Crippen molar-refractivity contribution in [3.05, 3.63) is 93.5 Å². The standard InChI is InChI=1S/C36H34Cl2N6O5/c1-3-48-24-15-11-21(12-16-24)19-23-7-5-8-26-30(23)40-44(32(26)22-13-17-25(18-14-22)49-4-2)29(45)20-42-34-31(39-41-42)35(46)43(36(34)47)33-27(37)9-6-10-28(33)38/h6,9-19,26,31-32,34H,3-5,7-8,20H2,1-2H3/b23-19+/t26-,31+,32-,34-/m1/s1. The van der Waals surface area contributed by atoms with Crippen LogP contribution in [0.25, 0.3) is 6.08 Å². The Morgan fingerprint density at radius 3 is 2.20 bits per heavy atom. The molecule has 0 spiro atoms. The van der Waals surface area contributed by atoms with Gasteiger partial charge in [0.1, 0.15) is 18.0 Å². The Bertz CT molecular complexity index is 1860. The van der Waals surface area contributed by atoms with E-state index in [0.29, 0.717) is 13.2 Å². The summed E-state index contributed by atoms with van der Waals surface area (Å²) in [5.74, 6) is -0.0988. The van der Waals surface area contributed by atoms with Gasteiger partial charge in [-0.2, -0.15) is 10.2 Å². The number of imide groups is 1. The lowest BCUT2D eigenvalue weighted by molar-refractivity contribution is -0.136. The number of allylic oxidation sites excluding steroid dienone is 1. The van der Waals surface area contributed by atoms with Crippen LogP contribution in [0.3, 0.4) is 0 Å². The van der Waals surface area contributed by atoms with Crippen molar-refractivity contribution >= 4 is 58.4 Å². The van der Waals surface area contributed by atoms with Crippen LogP contribution in [-0.4, -0.2) is 65.3 Å². The molecule has 3 aromatic carbocycles. The summed E-state index contributed by atoms with van der Waals surface area (Å²) >= 11 is 12.7. The van der Waals surface area contributed by atoms with Crippen LogP contribution in [0.4, 0.5) is 5.69 Å². The molecule has 1 aliphatic carbocycles. The molecule has 13 heteroatoms. The first-order valence-electron chi connectivity index (χ1n) is 16.3. The van der Waals surface area contributed by atoms with Crippen LogP contribution in [0.1, 0.15) is 50.3 Å². The second-order valence-electron chi connectivity index (χ2n) is 12.1. The molecule has 3 heterocycles. The second-order valence-corrected chi connectivity index (χ2v) is 12.9. The van der Waals surface area contributed by atoms with Crippen LogP contribution in [0.15, 0.2) is 87.7 Å². The second kappa shape index (κ2) is 13.6. The highest BCUT2D eigenvalue weighted by Gasteiger charge is 2.56. The van der Waals surface area contributed by atoms with Gasteiger partial charge in [0.05, 0.1) is 40.7 Å². The van der Waals surface area contributed by atoms with E-state index >= 15 is 0 Å². The highest BCUT2D eigenvalue weighted by atomic mass is 35.5. The van der Waals surface area contributed by atoms with Gasteiger partial charge in [-0.25, -0.2) is 9.91 Å². The van der Waals surface area contributed by atoms with Crippen LogP contribution in [0.2, 0.25) is 10.0 Å². The number of ether oxygens (including phenoxy) is 2. The zero-order valence-electron chi connectivity index (χ0n) is 27.0. The van der Waals surface area contributed by atoms with Crippen molar-refractivity contribution in [2.45, 2.75) is 51.2 Å². The van der Waals surface area contributed by atoms with E-state index in [4.69, 9.17) is 37.8 Å². The lowest BCUT2D eigenvalue weighted by Crippen LogP contribution is -2.45. The molecule has 0 aromatic heterocycles. The lowest BCUT2D eigenvalue weighted by Gasteiger charge is -2.30. The van der Waals surface area contributed by atoms with E-state index in [0.717, 1.165) is 58.1 Å². The minimum atomic E-state index is -1.12. The molecule has 2 fully saturated rings. The third-order valence-electron chi connectivity index (χ3n) is 9.14. The fraction of sp³-hybridized carbons (Fsp3) is 0.333. The molecular formula is C36H34Cl2N6O5. The van der Waals surface area contributed by atoms with Crippen LogP contribution >= 0.6 is 23.2 Å². The number of carbonyl (C=O) groups excluding carboxylic acids is 3. The summed E-state index contributed by atoms with van der Waals surface area (Å²) in [4.78, 5) is 42.3. The molecule has 0 unspecified atom stereocenters. The minimum absolute atomic E-state index is 0.0508. The Morgan fingerprint density at radius 1 is 0.898 bits per heavy atom. The van der Waals surface area contributed by atoms with Gasteiger partial charge in [0.25, 0.3) is 17.7 Å². The van der Waals surface area contributed by atoms with Gasteiger partial charge in [0, 0.05) is 5.92 Å². The Labute approximate surface area is 293 Å². The van der Waals surface area contributed by atoms with Gasteiger partial charge in [-0.3, -0.25) is 19.4 Å². The first kappa shape index (κ1) is 32.8. The molecule has 3 amide bonds. The van der Waals surface area contributed by atoms with Gasteiger partial charge in [-0.1, -0.05) is 58.8 Å². The number of hydrogen-bond donors (Lipinski definition) is 0. The van der Waals surface area contributed by atoms with Crippen molar-refractivity contribution in [1.82, 2.24) is 10.0 Å². The van der Waals surface area contributed by atoms with Gasteiger partial charge < -0.3 is 9.47 Å². The maximum atomic E-state index is 14.3. The van der Waals surface area contributed by atoms with Crippen LogP contribution in [0.5, 0.6) is 11.5 Å². The number of hydrogen-bond acceptors (Lipinski definition) is 9. The van der Waals surface area contributed by atoms with E-state index in [9.17, 15) is 14.4 Å². The molecule has 49 heavy (non-hydrogen) atoms. The third kappa shape index (κ3) is 6.06. The average Bonchev–Trinajstić information content (AvgIpc) is 3.76. The summed E-state index contributed by atoms with van der Waals surface area (Å²) in [5, 5.41) is 16.3. The molecule has 11 nitrogen and oxygen atoms in total. The summed E-state index contributed by atoms with van der Waals surface area (Å²) in [6, 6.07) is 17.7. The first-order chi connectivity index (χ1) is 23.8. The topological polar surface area (TPSA) is 116 Å². The molecule has 4 aliphatic rings. The first-order valence-corrected chi connectivity index (χ1v) is 17.1. The van der Waals surface area contributed by atoms with Crippen molar-refractivity contribution < 1.29 is 23.9 Å². The van der Waals surface area contributed by atoms with Crippen molar-refractivity contribution in [3.63, 3.8) is 0 Å². The molecule has 0 radical (unpaired) electrons. The molecular weight excluding hydrogens is 667 g/mol. The summed E-state index contributed by atoms with van der Waals surface area (Å²) in [6.07, 6.45) is 4.72. The SMILES string of the molecule is CCOc1ccc(/C=C2\CCC[C@@H]3C2=NN(C(=O)CN2N=N[C@@H]4C(=O)N(c5c(Cl)cccc5Cl)C(=O)[C@@H]42)[C@@H]3c2ccc(OCC)cc2)cc1. The number of nitrogens with zero attached hydrogens (tertiary/aromatic N) is 6. The largest absolute Gasteiger partial charge is 0.494 e. The van der Waals surface area contributed by atoms with Crippen LogP contribution < -0.4 is 14.4 Å². The zero-order chi connectivity index (χ0) is 34.2. The maximum Gasteiger partial charge on any atom is 0.264 e. The van der Waals surface area contributed by atoms with Crippen LogP contribution in [0, 0.1) is 5.92 Å². The quantitative estimate of drug-likeness (QED) is 0.224. The van der Waals surface area contributed by atoms with Gasteiger partial charge in [-0.15, -0.1) is 0 Å². The zero-order valence-corrected chi connectivity index (χ0v) is 28.5. The van der Waals surface area contributed by atoms with Crippen molar-refractivity contribution in [3.8, 4) is 11.5 Å². The number of carbonyl (C=O) groups is 3. The number of rotatable bonds is 9. The molecule has 1 saturated heterocycles. The Hall–Kier alpha value is -4.74. The molecule has 0 N–H and O–H groups in total. The fourth-order valence-electron chi connectivity index (χ4n) is 6.98. The van der Waals surface area contributed by atoms with Gasteiger partial charge in [0.15, 0.2) is 12.1 Å². The molecule has 7 rings (SSSR count). The summed E-state index contributed by atoms with van der Waals surface area (Å²) in [7, 11) is 0. The molecule has 0 bridgehead atoms. The number of hydrazone groups is 1. The Balaban J connectivity index is 1.19. The van der Waals surface area contributed by atoms with Crippen molar-refractivity contribution in [2.24, 2.45) is 21.4 Å². The average molecular weight is 702 g/mol. The van der Waals surface area contributed by atoms with E-state index in [2.05, 4.69) is 16.4 Å².